The SMILES string of the molecule is O=C(O)CN(CCc1ccccc1)C(=O)CN1CCCCCOc2ccccc2Nc2cccc(n2)C1=O. The lowest BCUT2D eigenvalue weighted by atomic mass is 10.1. The number of carboxylic acids is 1. The molecule has 3 aromatic rings. The van der Waals surface area contributed by atoms with Gasteiger partial charge in [-0.3, -0.25) is 14.4 Å². The molecule has 0 radical (unpaired) electrons. The number of nitrogens with zero attached hydrogens (tertiary/aromatic N) is 3. The minimum Gasteiger partial charge on any atom is -0.491 e. The fourth-order valence-electron chi connectivity index (χ4n) is 4.26. The highest BCUT2D eigenvalue weighted by molar-refractivity contribution is 5.95. The monoisotopic (exact) mass is 516 g/mol. The van der Waals surface area contributed by atoms with Crippen LogP contribution in [0.4, 0.5) is 11.5 Å². The summed E-state index contributed by atoms with van der Waals surface area (Å²) in [5, 5.41) is 12.6. The molecule has 0 aliphatic carbocycles. The number of hydrogen-bond acceptors (Lipinski definition) is 6. The van der Waals surface area contributed by atoms with Gasteiger partial charge in [0.15, 0.2) is 0 Å². The predicted octanol–water partition coefficient (Wildman–Crippen LogP) is 3.99. The van der Waals surface area contributed by atoms with Crippen LogP contribution in [-0.2, 0) is 16.0 Å². The molecule has 1 aliphatic heterocycles. The lowest BCUT2D eigenvalue weighted by Crippen LogP contribution is -2.45. The van der Waals surface area contributed by atoms with Crippen molar-refractivity contribution >= 4 is 29.3 Å². The van der Waals surface area contributed by atoms with E-state index in [2.05, 4.69) is 10.3 Å². The zero-order valence-electron chi connectivity index (χ0n) is 21.2. The highest BCUT2D eigenvalue weighted by Crippen LogP contribution is 2.27. The molecule has 0 fully saturated rings. The maximum absolute atomic E-state index is 13.5. The normalized spacial score (nSPS) is 13.9. The summed E-state index contributed by atoms with van der Waals surface area (Å²) in [6.07, 6.45) is 2.78. The number of fused-ring (bicyclic) bond motifs is 3. The molecule has 4 rings (SSSR count). The first-order valence-corrected chi connectivity index (χ1v) is 12.8. The van der Waals surface area contributed by atoms with E-state index in [1.807, 2.05) is 54.6 Å². The zero-order valence-corrected chi connectivity index (χ0v) is 21.2. The Morgan fingerprint density at radius 3 is 2.58 bits per heavy atom. The minimum atomic E-state index is -1.10. The Morgan fingerprint density at radius 1 is 0.974 bits per heavy atom. The average molecular weight is 517 g/mol. The van der Waals surface area contributed by atoms with Crippen molar-refractivity contribution in [3.63, 3.8) is 0 Å². The summed E-state index contributed by atoms with van der Waals surface area (Å²) in [6, 6.07) is 22.2. The first kappa shape index (κ1) is 26.7. The third-order valence-corrected chi connectivity index (χ3v) is 6.25. The first-order valence-electron chi connectivity index (χ1n) is 12.8. The Hall–Kier alpha value is -4.40. The number of hydrogen-bond donors (Lipinski definition) is 2. The number of pyridine rings is 1. The van der Waals surface area contributed by atoms with Crippen molar-refractivity contribution in [2.45, 2.75) is 25.7 Å². The molecular formula is C29H32N4O5. The van der Waals surface area contributed by atoms with Crippen LogP contribution >= 0.6 is 0 Å². The number of carboxylic acid groups (broad SMARTS) is 1. The molecule has 9 heteroatoms. The smallest absolute Gasteiger partial charge is 0.323 e. The number of rotatable bonds is 7. The summed E-state index contributed by atoms with van der Waals surface area (Å²) in [5.74, 6) is -0.694. The summed E-state index contributed by atoms with van der Waals surface area (Å²) in [6.45, 7) is 0.457. The maximum atomic E-state index is 13.5. The van der Waals surface area contributed by atoms with Crippen LogP contribution in [0.5, 0.6) is 5.75 Å². The largest absolute Gasteiger partial charge is 0.491 e. The van der Waals surface area contributed by atoms with Crippen LogP contribution in [0.3, 0.4) is 0 Å². The van der Waals surface area contributed by atoms with Crippen LogP contribution in [0.15, 0.2) is 72.8 Å². The number of amides is 2. The number of nitrogens with one attached hydrogen (secondary N) is 1. The van der Waals surface area contributed by atoms with Gasteiger partial charge < -0.3 is 25.0 Å². The molecule has 0 saturated heterocycles. The van der Waals surface area contributed by atoms with Crippen molar-refractivity contribution in [2.24, 2.45) is 0 Å². The van der Waals surface area contributed by atoms with Gasteiger partial charge >= 0.3 is 5.97 Å². The van der Waals surface area contributed by atoms with Crippen LogP contribution in [0.1, 0.15) is 35.3 Å². The number of ether oxygens (including phenoxy) is 1. The molecular weight excluding hydrogens is 484 g/mol. The van der Waals surface area contributed by atoms with Gasteiger partial charge in [-0.25, -0.2) is 4.98 Å². The van der Waals surface area contributed by atoms with Gasteiger partial charge in [0.25, 0.3) is 5.91 Å². The molecule has 2 heterocycles. The molecule has 2 amide bonds. The molecule has 38 heavy (non-hydrogen) atoms. The van der Waals surface area contributed by atoms with Crippen LogP contribution in [-0.4, -0.2) is 70.5 Å². The summed E-state index contributed by atoms with van der Waals surface area (Å²) in [7, 11) is 0. The topological polar surface area (TPSA) is 112 Å². The number of benzene rings is 2. The lowest BCUT2D eigenvalue weighted by Gasteiger charge is -2.27. The summed E-state index contributed by atoms with van der Waals surface area (Å²) < 4.78 is 5.96. The molecule has 1 aromatic heterocycles. The van der Waals surface area contributed by atoms with E-state index in [0.717, 1.165) is 24.1 Å². The number of carbonyl (C=O) groups is 3. The minimum absolute atomic E-state index is 0.201. The zero-order chi connectivity index (χ0) is 26.7. The Morgan fingerprint density at radius 2 is 1.76 bits per heavy atom. The second kappa shape index (κ2) is 13.2. The van der Waals surface area contributed by atoms with Gasteiger partial charge in [-0.2, -0.15) is 0 Å². The van der Waals surface area contributed by atoms with E-state index in [9.17, 15) is 19.5 Å². The van der Waals surface area contributed by atoms with Crippen molar-refractivity contribution in [3.05, 3.63) is 84.1 Å². The number of aromatic nitrogens is 1. The number of anilines is 2. The molecule has 0 unspecified atom stereocenters. The van der Waals surface area contributed by atoms with Crippen molar-refractivity contribution < 1.29 is 24.2 Å². The van der Waals surface area contributed by atoms with Gasteiger partial charge in [-0.1, -0.05) is 48.5 Å². The van der Waals surface area contributed by atoms with E-state index < -0.39 is 18.4 Å². The highest BCUT2D eigenvalue weighted by Gasteiger charge is 2.24. The van der Waals surface area contributed by atoms with E-state index in [1.54, 1.807) is 18.2 Å². The molecule has 2 bridgehead atoms. The van der Waals surface area contributed by atoms with E-state index in [0.29, 0.717) is 37.6 Å². The Balaban J connectivity index is 1.52. The molecule has 0 atom stereocenters. The molecule has 0 saturated carbocycles. The van der Waals surface area contributed by atoms with Crippen molar-refractivity contribution in [1.82, 2.24) is 14.8 Å². The molecule has 2 aromatic carbocycles. The van der Waals surface area contributed by atoms with Gasteiger partial charge in [-0.15, -0.1) is 0 Å². The average Bonchev–Trinajstić information content (AvgIpc) is 2.92. The Bertz CT molecular complexity index is 1250. The third kappa shape index (κ3) is 7.55. The van der Waals surface area contributed by atoms with Crippen molar-refractivity contribution in [2.75, 3.05) is 38.1 Å². The van der Waals surface area contributed by atoms with Gasteiger partial charge in [-0.05, 0) is 55.5 Å². The Kier molecular flexibility index (Phi) is 9.28. The molecule has 2 N–H and O–H groups in total. The number of aliphatic carboxylic acids is 1. The van der Waals surface area contributed by atoms with Gasteiger partial charge in [0.2, 0.25) is 5.91 Å². The van der Waals surface area contributed by atoms with Gasteiger partial charge in [0.1, 0.15) is 30.4 Å². The molecule has 0 spiro atoms. The number of para-hydroxylation sites is 2. The van der Waals surface area contributed by atoms with E-state index >= 15 is 0 Å². The van der Waals surface area contributed by atoms with Crippen LogP contribution in [0, 0.1) is 0 Å². The van der Waals surface area contributed by atoms with Crippen molar-refractivity contribution in [1.29, 1.82) is 0 Å². The lowest BCUT2D eigenvalue weighted by molar-refractivity contribution is -0.144. The highest BCUT2D eigenvalue weighted by atomic mass is 16.5. The second-order valence-electron chi connectivity index (χ2n) is 9.11. The summed E-state index contributed by atoms with van der Waals surface area (Å²) in [4.78, 5) is 45.5. The van der Waals surface area contributed by atoms with E-state index in [-0.39, 0.29) is 24.7 Å². The quantitative estimate of drug-likeness (QED) is 0.488. The second-order valence-corrected chi connectivity index (χ2v) is 9.11. The van der Waals surface area contributed by atoms with E-state index in [4.69, 9.17) is 4.74 Å². The molecule has 198 valence electrons. The molecule has 1 aliphatic rings. The van der Waals surface area contributed by atoms with Crippen LogP contribution in [0.2, 0.25) is 0 Å². The van der Waals surface area contributed by atoms with E-state index in [1.165, 1.54) is 9.80 Å². The summed E-state index contributed by atoms with van der Waals surface area (Å²) >= 11 is 0. The fraction of sp³-hybridized carbons (Fsp3) is 0.310. The predicted molar refractivity (Wildman–Crippen MR) is 144 cm³/mol. The molecule has 9 nitrogen and oxygen atoms in total. The first-order chi connectivity index (χ1) is 18.5. The van der Waals surface area contributed by atoms with Crippen LogP contribution in [0.25, 0.3) is 0 Å². The van der Waals surface area contributed by atoms with Gasteiger partial charge in [0.05, 0.1) is 12.3 Å². The standard InChI is InChI=1S/C29H32N4O5/c34-27(32(21-28(35)36)18-16-22-10-3-1-4-11-22)20-33-17-7-2-8-19-38-25-14-6-5-12-23(25)30-26-15-9-13-24(31-26)29(33)37/h1,3-6,9-15H,2,7-8,16-21H2,(H,30,31)(H,35,36). The van der Waals surface area contributed by atoms with Crippen molar-refractivity contribution in [3.8, 4) is 5.75 Å². The third-order valence-electron chi connectivity index (χ3n) is 6.25. The van der Waals surface area contributed by atoms with Gasteiger partial charge in [0, 0.05) is 13.1 Å². The number of carbonyl (C=O) groups excluding carboxylic acids is 2. The maximum Gasteiger partial charge on any atom is 0.323 e. The fourth-order valence-corrected chi connectivity index (χ4v) is 4.26. The summed E-state index contributed by atoms with van der Waals surface area (Å²) in [5.41, 5.74) is 1.95. The van der Waals surface area contributed by atoms with Crippen LogP contribution < -0.4 is 10.1 Å². The Labute approximate surface area is 222 Å².